The number of piperidine rings is 1. The molecule has 0 radical (unpaired) electrons. The number of likely N-dealkylation sites (tertiary alicyclic amines) is 1. The second-order valence-corrected chi connectivity index (χ2v) is 6.12. The Kier molecular flexibility index (Phi) is 3.63. The molecule has 6 heteroatoms. The van der Waals surface area contributed by atoms with Crippen molar-refractivity contribution in [2.45, 2.75) is 39.0 Å². The van der Waals surface area contributed by atoms with Crippen LogP contribution in [0, 0.1) is 18.8 Å². The van der Waals surface area contributed by atoms with Gasteiger partial charge in [-0.2, -0.15) is 4.98 Å². The average Bonchev–Trinajstić information content (AvgIpc) is 2.98. The number of aromatic nitrogens is 2. The van der Waals surface area contributed by atoms with Crippen LogP contribution in [-0.4, -0.2) is 40.7 Å². The summed E-state index contributed by atoms with van der Waals surface area (Å²) >= 11 is 0. The van der Waals surface area contributed by atoms with Gasteiger partial charge in [0.2, 0.25) is 5.89 Å². The summed E-state index contributed by atoms with van der Waals surface area (Å²) in [6, 6.07) is 0.0463. The summed E-state index contributed by atoms with van der Waals surface area (Å²) in [4.78, 5) is 18.3. The summed E-state index contributed by atoms with van der Waals surface area (Å²) in [7, 11) is 0. The number of urea groups is 1. The van der Waals surface area contributed by atoms with E-state index in [-0.39, 0.29) is 11.9 Å². The highest BCUT2D eigenvalue weighted by molar-refractivity contribution is 5.74. The molecule has 1 aliphatic carbocycles. The van der Waals surface area contributed by atoms with Crippen molar-refractivity contribution in [2.75, 3.05) is 19.6 Å². The normalized spacial score (nSPS) is 29.3. The van der Waals surface area contributed by atoms with Crippen molar-refractivity contribution in [3.05, 3.63) is 11.7 Å². The molecule has 1 saturated heterocycles. The number of amides is 2. The van der Waals surface area contributed by atoms with Gasteiger partial charge in [0.05, 0.1) is 5.92 Å². The minimum Gasteiger partial charge on any atom is -0.339 e. The molecule has 1 aromatic rings. The molecular weight excluding hydrogens is 256 g/mol. The van der Waals surface area contributed by atoms with Crippen LogP contribution < -0.4 is 5.32 Å². The summed E-state index contributed by atoms with van der Waals surface area (Å²) in [5.41, 5.74) is 0. The second kappa shape index (κ2) is 5.42. The molecule has 110 valence electrons. The lowest BCUT2D eigenvalue weighted by Gasteiger charge is -2.31. The van der Waals surface area contributed by atoms with Gasteiger partial charge >= 0.3 is 6.03 Å². The number of carbonyl (C=O) groups is 1. The fourth-order valence-electron chi connectivity index (χ4n) is 2.86. The van der Waals surface area contributed by atoms with Crippen LogP contribution in [0.5, 0.6) is 0 Å². The lowest BCUT2D eigenvalue weighted by Crippen LogP contribution is -2.45. The van der Waals surface area contributed by atoms with E-state index in [2.05, 4.69) is 22.4 Å². The van der Waals surface area contributed by atoms with Crippen LogP contribution in [0.15, 0.2) is 4.52 Å². The van der Waals surface area contributed by atoms with E-state index in [0.717, 1.165) is 31.8 Å². The molecule has 2 heterocycles. The Labute approximate surface area is 118 Å². The maximum atomic E-state index is 12.2. The van der Waals surface area contributed by atoms with Gasteiger partial charge in [-0.05, 0) is 38.0 Å². The van der Waals surface area contributed by atoms with Gasteiger partial charge in [-0.25, -0.2) is 4.79 Å². The molecule has 3 unspecified atom stereocenters. The highest BCUT2D eigenvalue weighted by Crippen LogP contribution is 2.36. The zero-order valence-electron chi connectivity index (χ0n) is 12.1. The quantitative estimate of drug-likeness (QED) is 0.917. The Morgan fingerprint density at radius 1 is 1.55 bits per heavy atom. The van der Waals surface area contributed by atoms with Crippen LogP contribution in [0.1, 0.15) is 43.8 Å². The first-order valence-electron chi connectivity index (χ1n) is 7.46. The van der Waals surface area contributed by atoms with Crippen molar-refractivity contribution in [3.63, 3.8) is 0 Å². The fourth-order valence-corrected chi connectivity index (χ4v) is 2.86. The number of carbonyl (C=O) groups excluding carboxylic acids is 1. The molecule has 2 fully saturated rings. The molecule has 2 amide bonds. The molecule has 1 aliphatic heterocycles. The van der Waals surface area contributed by atoms with E-state index in [0.29, 0.717) is 24.2 Å². The molecule has 2 aliphatic rings. The van der Waals surface area contributed by atoms with Gasteiger partial charge < -0.3 is 14.7 Å². The molecule has 3 atom stereocenters. The number of nitrogens with zero attached hydrogens (tertiary/aromatic N) is 3. The van der Waals surface area contributed by atoms with Crippen molar-refractivity contribution in [3.8, 4) is 0 Å². The summed E-state index contributed by atoms with van der Waals surface area (Å²) in [5.74, 6) is 2.94. The number of nitrogens with one attached hydrogen (secondary N) is 1. The third kappa shape index (κ3) is 2.94. The van der Waals surface area contributed by atoms with Crippen molar-refractivity contribution in [2.24, 2.45) is 11.8 Å². The van der Waals surface area contributed by atoms with Gasteiger partial charge in [0, 0.05) is 19.6 Å². The van der Waals surface area contributed by atoms with Crippen molar-refractivity contribution >= 4 is 6.03 Å². The van der Waals surface area contributed by atoms with Gasteiger partial charge in [-0.1, -0.05) is 12.1 Å². The van der Waals surface area contributed by atoms with E-state index in [9.17, 15) is 4.79 Å². The Hall–Kier alpha value is -1.59. The minimum atomic E-state index is 0.0463. The molecule has 1 aromatic heterocycles. The summed E-state index contributed by atoms with van der Waals surface area (Å²) in [5, 5.41) is 6.87. The lowest BCUT2D eigenvalue weighted by molar-refractivity contribution is 0.171. The maximum Gasteiger partial charge on any atom is 0.317 e. The molecule has 0 aromatic carbocycles. The van der Waals surface area contributed by atoms with E-state index in [1.807, 2.05) is 11.8 Å². The number of aryl methyl sites for hydroxylation is 1. The lowest BCUT2D eigenvalue weighted by atomic mass is 9.98. The second-order valence-electron chi connectivity index (χ2n) is 6.12. The van der Waals surface area contributed by atoms with Crippen LogP contribution in [-0.2, 0) is 0 Å². The van der Waals surface area contributed by atoms with Gasteiger partial charge in [0.25, 0.3) is 0 Å². The van der Waals surface area contributed by atoms with Gasteiger partial charge in [-0.15, -0.1) is 0 Å². The molecule has 20 heavy (non-hydrogen) atoms. The van der Waals surface area contributed by atoms with Crippen molar-refractivity contribution in [1.82, 2.24) is 20.4 Å². The van der Waals surface area contributed by atoms with Crippen molar-refractivity contribution < 1.29 is 9.32 Å². The molecular formula is C14H22N4O2. The first-order valence-corrected chi connectivity index (χ1v) is 7.46. The third-order valence-electron chi connectivity index (χ3n) is 4.39. The van der Waals surface area contributed by atoms with Crippen LogP contribution in [0.4, 0.5) is 4.79 Å². The largest absolute Gasteiger partial charge is 0.339 e. The number of hydrogen-bond donors (Lipinski definition) is 1. The number of hydrogen-bond acceptors (Lipinski definition) is 4. The highest BCUT2D eigenvalue weighted by Gasteiger charge is 2.33. The molecule has 1 saturated carbocycles. The Morgan fingerprint density at radius 3 is 3.00 bits per heavy atom. The smallest absolute Gasteiger partial charge is 0.317 e. The first kappa shape index (κ1) is 13.4. The Balaban J connectivity index is 1.53. The van der Waals surface area contributed by atoms with E-state index in [4.69, 9.17) is 4.52 Å². The van der Waals surface area contributed by atoms with E-state index >= 15 is 0 Å². The van der Waals surface area contributed by atoms with E-state index in [1.165, 1.54) is 6.42 Å². The standard InChI is InChI=1S/C14H22N4O2/c1-9-6-12(9)7-15-14(19)18-5-3-4-11(8-18)13-16-10(2)17-20-13/h9,11-12H,3-8H2,1-2H3,(H,15,19). The van der Waals surface area contributed by atoms with Crippen LogP contribution in [0.2, 0.25) is 0 Å². The first-order chi connectivity index (χ1) is 9.63. The minimum absolute atomic E-state index is 0.0463. The van der Waals surface area contributed by atoms with E-state index < -0.39 is 0 Å². The van der Waals surface area contributed by atoms with Crippen LogP contribution in [0.25, 0.3) is 0 Å². The van der Waals surface area contributed by atoms with Crippen LogP contribution >= 0.6 is 0 Å². The Bertz CT molecular complexity index is 487. The fraction of sp³-hybridized carbons (Fsp3) is 0.786. The topological polar surface area (TPSA) is 71.3 Å². The SMILES string of the molecule is Cc1noc(C2CCCN(C(=O)NCC3CC3C)C2)n1. The Morgan fingerprint density at radius 2 is 2.35 bits per heavy atom. The zero-order valence-corrected chi connectivity index (χ0v) is 12.1. The summed E-state index contributed by atoms with van der Waals surface area (Å²) in [6.45, 7) is 6.34. The highest BCUT2D eigenvalue weighted by atomic mass is 16.5. The maximum absolute atomic E-state index is 12.2. The predicted molar refractivity (Wildman–Crippen MR) is 73.3 cm³/mol. The van der Waals surface area contributed by atoms with Gasteiger partial charge in [0.1, 0.15) is 0 Å². The molecule has 6 nitrogen and oxygen atoms in total. The molecule has 1 N–H and O–H groups in total. The molecule has 0 spiro atoms. The molecule has 0 bridgehead atoms. The summed E-state index contributed by atoms with van der Waals surface area (Å²) in [6.07, 6.45) is 3.23. The molecule has 3 rings (SSSR count). The number of rotatable bonds is 3. The van der Waals surface area contributed by atoms with Crippen LogP contribution in [0.3, 0.4) is 0 Å². The predicted octanol–water partition coefficient (Wildman–Crippen LogP) is 1.92. The average molecular weight is 278 g/mol. The van der Waals surface area contributed by atoms with Crippen molar-refractivity contribution in [1.29, 1.82) is 0 Å². The van der Waals surface area contributed by atoms with Gasteiger partial charge in [-0.3, -0.25) is 0 Å². The third-order valence-corrected chi connectivity index (χ3v) is 4.39. The van der Waals surface area contributed by atoms with Gasteiger partial charge in [0.15, 0.2) is 5.82 Å². The summed E-state index contributed by atoms with van der Waals surface area (Å²) < 4.78 is 5.23. The zero-order chi connectivity index (χ0) is 14.1. The van der Waals surface area contributed by atoms with E-state index in [1.54, 1.807) is 0 Å². The monoisotopic (exact) mass is 278 g/mol.